The molecule has 0 saturated carbocycles. The average molecular weight is 1470 g/mol. The van der Waals surface area contributed by atoms with Crippen molar-refractivity contribution in [2.75, 3.05) is 9.80 Å². The zero-order valence-corrected chi connectivity index (χ0v) is 65.2. The standard InChI is InChI=1S/C106H88BN5O/c1-103(2,3)71-42-50-90-82(59-71)83-60-72(104(4,5)6)43-51-91(83)108(90)75-46-48-86-96(63-75)110(77-55-68(65-28-16-13-17-29-65)54-69(56-77)66-30-18-14-19-31-66)98-57-70(67-32-20-15-21-33-67)58-99-100(98)107(86)87-49-47-76(109-92-52-44-73(105(7,8)9)61-84(92)85-62-74(106(10,11)12)45-53-93(85)109)64-97(87)112(99)95-41-27-37-81-80-36-26-40-94(101(80)113-102(81)95)111-88-38-24-22-34-78(88)79-35-23-25-39-89(79)111/h13-64H,1-12H3/i15D,20D,21D,22D,23D,24D,25D,32D,33D,34D,35D,38D,39D. The van der Waals surface area contributed by atoms with Gasteiger partial charge in [-0.3, -0.25) is 0 Å². The summed E-state index contributed by atoms with van der Waals surface area (Å²) >= 11 is 0. The average Bonchev–Trinajstić information content (AvgIpc) is 1.13. The molecule has 6 nitrogen and oxygen atoms in total. The number of anilines is 6. The molecule has 0 atom stereocenters. The minimum absolute atomic E-state index is 0.0172. The van der Waals surface area contributed by atoms with E-state index in [0.29, 0.717) is 39.0 Å². The van der Waals surface area contributed by atoms with E-state index in [1.165, 1.54) is 26.8 Å². The van der Waals surface area contributed by atoms with Crippen molar-refractivity contribution in [3.05, 3.63) is 337 Å². The lowest BCUT2D eigenvalue weighted by atomic mass is 9.33. The van der Waals surface area contributed by atoms with E-state index in [1.54, 1.807) is 6.07 Å². The van der Waals surface area contributed by atoms with Gasteiger partial charge in [0.15, 0.2) is 11.2 Å². The molecule has 0 saturated heterocycles. The van der Waals surface area contributed by atoms with Crippen molar-refractivity contribution in [2.45, 2.75) is 105 Å². The van der Waals surface area contributed by atoms with Crippen LogP contribution in [-0.2, 0) is 21.7 Å². The van der Waals surface area contributed by atoms with Gasteiger partial charge in [0, 0.05) is 82.9 Å². The predicted octanol–water partition coefficient (Wildman–Crippen LogP) is 27.2. The molecule has 19 aromatic rings. The number of fused-ring (bicyclic) bond motifs is 16. The summed E-state index contributed by atoms with van der Waals surface area (Å²) in [5.41, 5.74) is 21.4. The minimum Gasteiger partial charge on any atom is -0.452 e. The molecule has 0 radical (unpaired) electrons. The number of rotatable bonds is 8. The van der Waals surface area contributed by atoms with Crippen LogP contribution in [0.15, 0.2) is 320 Å². The maximum atomic E-state index is 10.1. The molecule has 2 aliphatic heterocycles. The normalized spacial score (nSPS) is 14.9. The number of aromatic nitrogens is 3. The van der Waals surface area contributed by atoms with Crippen LogP contribution in [0.1, 0.15) is 123 Å². The van der Waals surface area contributed by atoms with Crippen LogP contribution in [0, 0.1) is 0 Å². The fourth-order valence-electron chi connectivity index (χ4n) is 17.9. The third-order valence-electron chi connectivity index (χ3n) is 23.7. The lowest BCUT2D eigenvalue weighted by Gasteiger charge is -2.44. The highest BCUT2D eigenvalue weighted by Crippen LogP contribution is 2.52. The summed E-state index contributed by atoms with van der Waals surface area (Å²) in [6, 6.07) is 77.3. The first kappa shape index (κ1) is 55.5. The van der Waals surface area contributed by atoms with E-state index in [2.05, 4.69) is 254 Å². The first-order valence-electron chi connectivity index (χ1n) is 45.5. The third-order valence-corrected chi connectivity index (χ3v) is 23.7. The molecule has 0 bridgehead atoms. The smallest absolute Gasteiger partial charge is 0.252 e. The summed E-state index contributed by atoms with van der Waals surface area (Å²) in [6.07, 6.45) is 0. The van der Waals surface area contributed by atoms with Crippen molar-refractivity contribution in [3.63, 3.8) is 0 Å². The lowest BCUT2D eigenvalue weighted by molar-refractivity contribution is 0.590. The molecule has 546 valence electrons. The van der Waals surface area contributed by atoms with Crippen LogP contribution in [0.2, 0.25) is 0 Å². The number of nitrogens with zero attached hydrogens (tertiary/aromatic N) is 5. The molecule has 0 spiro atoms. The van der Waals surface area contributed by atoms with E-state index in [9.17, 15) is 11.0 Å². The number of para-hydroxylation sites is 4. The number of hydrogen-bond acceptors (Lipinski definition) is 3. The SMILES string of the molecule is [2H]c1c([2H])c([2H])c(-c2cc3c4c(c2)N(c2cccc5c2oc2c(-n6c7c([2H])c([2H])c([2H])c([2H])c7c7c([2H])c([2H])c([2H])c([2H])c76)cccc25)c2cc(-n5c6ccc(C(C)(C)C)cc6c6cc(C(C)(C)C)ccc65)ccc2B4c2ccc(-n4c5ccc(C(C)(C)C)cc5c5cc(C(C)(C)C)ccc54)cc2N3c2cc(-c3ccccc3)cc(-c3ccccc3)c2)c([2H])c1[2H]. The van der Waals surface area contributed by atoms with Crippen molar-refractivity contribution in [3.8, 4) is 50.4 Å². The van der Waals surface area contributed by atoms with Crippen LogP contribution in [0.4, 0.5) is 34.1 Å². The Balaban J connectivity index is 0.925. The molecule has 7 heteroatoms. The number of furan rings is 1. The van der Waals surface area contributed by atoms with Gasteiger partial charge in [-0.15, -0.1) is 0 Å². The van der Waals surface area contributed by atoms with E-state index in [0.717, 1.165) is 111 Å². The van der Waals surface area contributed by atoms with E-state index < -0.39 is 85.3 Å². The summed E-state index contributed by atoms with van der Waals surface area (Å²) in [4.78, 5) is 4.53. The van der Waals surface area contributed by atoms with Crippen LogP contribution < -0.4 is 26.2 Å². The van der Waals surface area contributed by atoms with Crippen molar-refractivity contribution in [1.82, 2.24) is 13.7 Å². The van der Waals surface area contributed by atoms with Crippen molar-refractivity contribution >= 4 is 145 Å². The monoisotopic (exact) mass is 1470 g/mol. The van der Waals surface area contributed by atoms with Crippen LogP contribution in [0.5, 0.6) is 0 Å². The van der Waals surface area contributed by atoms with Gasteiger partial charge in [0.05, 0.1) is 62.3 Å². The molecular formula is C106H88BN5O. The van der Waals surface area contributed by atoms with Crippen LogP contribution >= 0.6 is 0 Å². The minimum atomic E-state index is -0.615. The molecule has 0 fully saturated rings. The quantitative estimate of drug-likeness (QED) is 0.142. The largest absolute Gasteiger partial charge is 0.452 e. The molecule has 0 amide bonds. The summed E-state index contributed by atoms with van der Waals surface area (Å²) in [5, 5.41) is 5.47. The van der Waals surface area contributed by atoms with Gasteiger partial charge in [-0.2, -0.15) is 0 Å². The topological polar surface area (TPSA) is 34.4 Å². The second-order valence-electron chi connectivity index (χ2n) is 34.8. The fraction of sp³-hybridized carbons (Fsp3) is 0.151. The lowest BCUT2D eigenvalue weighted by Crippen LogP contribution is -2.61. The molecule has 2 aliphatic rings. The van der Waals surface area contributed by atoms with E-state index in [1.807, 2.05) is 78.9 Å². The highest BCUT2D eigenvalue weighted by Gasteiger charge is 2.45. The zero-order valence-electron chi connectivity index (χ0n) is 78.2. The fourth-order valence-corrected chi connectivity index (χ4v) is 17.9. The molecule has 15 aromatic carbocycles. The van der Waals surface area contributed by atoms with Crippen molar-refractivity contribution < 1.29 is 22.2 Å². The number of hydrogen-bond donors (Lipinski definition) is 0. The van der Waals surface area contributed by atoms with Gasteiger partial charge in [0.1, 0.15) is 0 Å². The molecule has 0 N–H and O–H groups in total. The third kappa shape index (κ3) is 10.7. The Hall–Kier alpha value is -12.8. The number of benzene rings is 15. The summed E-state index contributed by atoms with van der Waals surface area (Å²) in [5.74, 6) is 0. The van der Waals surface area contributed by atoms with Crippen LogP contribution in [0.3, 0.4) is 0 Å². The zero-order chi connectivity index (χ0) is 88.2. The highest BCUT2D eigenvalue weighted by atomic mass is 16.3. The van der Waals surface area contributed by atoms with Crippen LogP contribution in [-0.4, -0.2) is 20.4 Å². The van der Waals surface area contributed by atoms with Gasteiger partial charge < -0.3 is 27.9 Å². The predicted molar refractivity (Wildman–Crippen MR) is 482 cm³/mol. The van der Waals surface area contributed by atoms with Gasteiger partial charge in [0.2, 0.25) is 0 Å². The maximum absolute atomic E-state index is 10.1. The van der Waals surface area contributed by atoms with Crippen molar-refractivity contribution in [1.29, 1.82) is 0 Å². The highest BCUT2D eigenvalue weighted by molar-refractivity contribution is 7.00. The Morgan fingerprint density at radius 1 is 0.257 bits per heavy atom. The van der Waals surface area contributed by atoms with E-state index >= 15 is 0 Å². The first-order valence-corrected chi connectivity index (χ1v) is 39.0. The molecule has 0 aliphatic carbocycles. The molecule has 21 rings (SSSR count). The Labute approximate surface area is 679 Å². The molecule has 4 aromatic heterocycles. The molecule has 0 unspecified atom stereocenters. The van der Waals surface area contributed by atoms with E-state index in [4.69, 9.17) is 11.3 Å². The Bertz CT molecular complexity index is 7710. The Morgan fingerprint density at radius 2 is 0.655 bits per heavy atom. The first-order chi connectivity index (χ1) is 60.0. The Morgan fingerprint density at radius 3 is 1.11 bits per heavy atom. The summed E-state index contributed by atoms with van der Waals surface area (Å²) < 4.78 is 137. The van der Waals surface area contributed by atoms with Gasteiger partial charge in [0.25, 0.3) is 6.71 Å². The van der Waals surface area contributed by atoms with Gasteiger partial charge in [-0.1, -0.05) is 271 Å². The Kier molecular flexibility index (Phi) is 12.2. The molecular weight excluding hydrogens is 1370 g/mol. The van der Waals surface area contributed by atoms with Crippen LogP contribution in [0.25, 0.3) is 138 Å². The van der Waals surface area contributed by atoms with E-state index in [-0.39, 0.29) is 60.3 Å². The molecule has 113 heavy (non-hydrogen) atoms. The summed E-state index contributed by atoms with van der Waals surface area (Å²) in [7, 11) is 0. The second-order valence-corrected chi connectivity index (χ2v) is 34.8. The second kappa shape index (κ2) is 24.8. The maximum Gasteiger partial charge on any atom is 0.252 e. The summed E-state index contributed by atoms with van der Waals surface area (Å²) in [6.45, 7) is 26.3. The van der Waals surface area contributed by atoms with Gasteiger partial charge in [-0.25, -0.2) is 0 Å². The molecule has 6 heterocycles. The van der Waals surface area contributed by atoms with Gasteiger partial charge >= 0.3 is 0 Å². The van der Waals surface area contributed by atoms with Gasteiger partial charge in [-0.05, 0) is 221 Å². The van der Waals surface area contributed by atoms with Crippen molar-refractivity contribution in [2.24, 2.45) is 0 Å².